The van der Waals surface area contributed by atoms with Crippen molar-refractivity contribution in [3.05, 3.63) is 32.9 Å². The van der Waals surface area contributed by atoms with Crippen molar-refractivity contribution in [3.8, 4) is 0 Å². The Morgan fingerprint density at radius 2 is 1.96 bits per heavy atom. The highest BCUT2D eigenvalue weighted by Crippen LogP contribution is 2.27. The summed E-state index contributed by atoms with van der Waals surface area (Å²) in [7, 11) is 0. The summed E-state index contributed by atoms with van der Waals surface area (Å²) in [4.78, 5) is 24.5. The molecule has 1 aromatic heterocycles. The van der Waals surface area contributed by atoms with Crippen LogP contribution in [0.25, 0.3) is 0 Å². The third-order valence-electron chi connectivity index (χ3n) is 4.93. The van der Waals surface area contributed by atoms with E-state index in [0.717, 1.165) is 53.9 Å². The Bertz CT molecular complexity index is 657. The molecule has 2 aliphatic rings. The molecule has 0 bridgehead atoms. The molecule has 23 heavy (non-hydrogen) atoms. The average molecular weight is 326 g/mol. The monoisotopic (exact) mass is 326 g/mol. The lowest BCUT2D eigenvalue weighted by Crippen LogP contribution is -2.45. The molecule has 1 N–H and O–H groups in total. The Hall–Kier alpha value is -1.47. The summed E-state index contributed by atoms with van der Waals surface area (Å²) in [6.45, 7) is 0.357. The van der Waals surface area contributed by atoms with E-state index in [1.54, 1.807) is 0 Å². The summed E-state index contributed by atoms with van der Waals surface area (Å²) in [6, 6.07) is 0. The zero-order chi connectivity index (χ0) is 16.4. The van der Waals surface area contributed by atoms with E-state index in [1.807, 2.05) is 0 Å². The number of aromatic nitrogens is 2. The number of aliphatic hydroxyl groups is 1. The zero-order valence-electron chi connectivity index (χ0n) is 13.1. The second-order valence-corrected chi connectivity index (χ2v) is 6.52. The molecule has 0 aromatic carbocycles. The Balaban J connectivity index is 1.88. The van der Waals surface area contributed by atoms with Gasteiger partial charge in [0.2, 0.25) is 5.82 Å². The van der Waals surface area contributed by atoms with Gasteiger partial charge in [-0.1, -0.05) is 19.3 Å². The standard InChI is InChI=1S/C16H23FN2O4/c17-12-9-18(14-7-4-8-23-14)16(22)19(15(12)21)10-13(20)11-5-2-1-3-6-11/h9,11,13-14,20H,1-8,10H2. The molecule has 0 radical (unpaired) electrons. The molecule has 7 heteroatoms. The van der Waals surface area contributed by atoms with E-state index in [4.69, 9.17) is 4.74 Å². The lowest BCUT2D eigenvalue weighted by atomic mass is 9.85. The van der Waals surface area contributed by atoms with Crippen LogP contribution in [0.2, 0.25) is 0 Å². The number of rotatable bonds is 4. The van der Waals surface area contributed by atoms with Crippen LogP contribution in [-0.4, -0.2) is 27.0 Å². The highest BCUT2D eigenvalue weighted by Gasteiger charge is 2.26. The van der Waals surface area contributed by atoms with Crippen molar-refractivity contribution < 1.29 is 14.2 Å². The summed E-state index contributed by atoms with van der Waals surface area (Å²) >= 11 is 0. The second kappa shape index (κ2) is 6.97. The number of nitrogens with zero attached hydrogens (tertiary/aromatic N) is 2. The molecule has 6 nitrogen and oxygen atoms in total. The van der Waals surface area contributed by atoms with Gasteiger partial charge in [0, 0.05) is 6.61 Å². The van der Waals surface area contributed by atoms with Crippen molar-refractivity contribution in [1.82, 2.24) is 9.13 Å². The minimum Gasteiger partial charge on any atom is -0.391 e. The molecule has 3 rings (SSSR count). The van der Waals surface area contributed by atoms with Crippen molar-refractivity contribution in [3.63, 3.8) is 0 Å². The number of ether oxygens (including phenoxy) is 1. The summed E-state index contributed by atoms with van der Waals surface area (Å²) < 4.78 is 21.3. The summed E-state index contributed by atoms with van der Waals surface area (Å²) in [5.41, 5.74) is -1.59. The molecule has 1 saturated heterocycles. The number of halogens is 1. The number of hydrogen-bond donors (Lipinski definition) is 1. The molecule has 1 aliphatic heterocycles. The third-order valence-corrected chi connectivity index (χ3v) is 4.93. The molecule has 1 aromatic rings. The van der Waals surface area contributed by atoms with E-state index in [-0.39, 0.29) is 12.5 Å². The van der Waals surface area contributed by atoms with Crippen molar-refractivity contribution in [1.29, 1.82) is 0 Å². The topological polar surface area (TPSA) is 73.5 Å². The van der Waals surface area contributed by atoms with E-state index in [1.165, 1.54) is 0 Å². The van der Waals surface area contributed by atoms with Gasteiger partial charge in [0.1, 0.15) is 6.23 Å². The first-order valence-corrected chi connectivity index (χ1v) is 8.39. The van der Waals surface area contributed by atoms with Crippen LogP contribution in [-0.2, 0) is 11.3 Å². The van der Waals surface area contributed by atoms with Crippen LogP contribution in [0.4, 0.5) is 4.39 Å². The molecule has 0 amide bonds. The maximum atomic E-state index is 13.9. The van der Waals surface area contributed by atoms with Crippen molar-refractivity contribution in [2.45, 2.75) is 63.8 Å². The minimum absolute atomic E-state index is 0.0643. The van der Waals surface area contributed by atoms with E-state index < -0.39 is 29.4 Å². The van der Waals surface area contributed by atoms with Gasteiger partial charge in [0.15, 0.2) is 0 Å². The molecule has 1 saturated carbocycles. The van der Waals surface area contributed by atoms with E-state index in [9.17, 15) is 19.1 Å². The van der Waals surface area contributed by atoms with Gasteiger partial charge < -0.3 is 9.84 Å². The Kier molecular flexibility index (Phi) is 4.96. The van der Waals surface area contributed by atoms with Gasteiger partial charge >= 0.3 is 5.69 Å². The summed E-state index contributed by atoms with van der Waals surface area (Å²) in [6.07, 6.45) is 5.98. The average Bonchev–Trinajstić information content (AvgIpc) is 3.10. The van der Waals surface area contributed by atoms with Gasteiger partial charge in [-0.05, 0) is 31.6 Å². The highest BCUT2D eigenvalue weighted by molar-refractivity contribution is 4.93. The summed E-state index contributed by atoms with van der Waals surface area (Å²) in [5.74, 6) is -0.926. The van der Waals surface area contributed by atoms with Gasteiger partial charge in [-0.3, -0.25) is 13.9 Å². The van der Waals surface area contributed by atoms with Crippen LogP contribution in [0.5, 0.6) is 0 Å². The van der Waals surface area contributed by atoms with Crippen molar-refractivity contribution >= 4 is 0 Å². The lowest BCUT2D eigenvalue weighted by molar-refractivity contribution is 0.0448. The Morgan fingerprint density at radius 1 is 1.22 bits per heavy atom. The first-order chi connectivity index (χ1) is 11.1. The second-order valence-electron chi connectivity index (χ2n) is 6.52. The molecule has 2 heterocycles. The third kappa shape index (κ3) is 3.40. The molecule has 2 atom stereocenters. The fourth-order valence-corrected chi connectivity index (χ4v) is 3.59. The van der Waals surface area contributed by atoms with Crippen molar-refractivity contribution in [2.24, 2.45) is 5.92 Å². The van der Waals surface area contributed by atoms with Gasteiger partial charge in [0.05, 0.1) is 18.8 Å². The molecule has 2 fully saturated rings. The van der Waals surface area contributed by atoms with Crippen LogP contribution in [0.15, 0.2) is 15.8 Å². The maximum Gasteiger partial charge on any atom is 0.333 e. The van der Waals surface area contributed by atoms with Crippen LogP contribution in [0, 0.1) is 11.7 Å². The molecule has 0 spiro atoms. The van der Waals surface area contributed by atoms with E-state index in [2.05, 4.69) is 0 Å². The van der Waals surface area contributed by atoms with Crippen LogP contribution in [0.3, 0.4) is 0 Å². The van der Waals surface area contributed by atoms with Gasteiger partial charge in [-0.15, -0.1) is 0 Å². The number of hydrogen-bond acceptors (Lipinski definition) is 4. The molecular weight excluding hydrogens is 303 g/mol. The van der Waals surface area contributed by atoms with Crippen LogP contribution >= 0.6 is 0 Å². The van der Waals surface area contributed by atoms with Crippen molar-refractivity contribution in [2.75, 3.05) is 6.61 Å². The minimum atomic E-state index is -0.990. The van der Waals surface area contributed by atoms with Gasteiger partial charge in [-0.25, -0.2) is 4.79 Å². The molecule has 1 aliphatic carbocycles. The maximum absolute atomic E-state index is 13.9. The first-order valence-electron chi connectivity index (χ1n) is 8.39. The fourth-order valence-electron chi connectivity index (χ4n) is 3.59. The summed E-state index contributed by atoms with van der Waals surface area (Å²) in [5, 5.41) is 10.4. The highest BCUT2D eigenvalue weighted by atomic mass is 19.1. The molecular formula is C16H23FN2O4. The van der Waals surface area contributed by atoms with Gasteiger partial charge in [0.25, 0.3) is 5.56 Å². The van der Waals surface area contributed by atoms with Gasteiger partial charge in [-0.2, -0.15) is 4.39 Å². The van der Waals surface area contributed by atoms with Crippen LogP contribution < -0.4 is 11.2 Å². The van der Waals surface area contributed by atoms with Crippen LogP contribution in [0.1, 0.15) is 51.2 Å². The zero-order valence-corrected chi connectivity index (χ0v) is 13.1. The Morgan fingerprint density at radius 3 is 2.61 bits per heavy atom. The Labute approximate surface area is 133 Å². The first kappa shape index (κ1) is 16.4. The predicted molar refractivity (Wildman–Crippen MR) is 81.7 cm³/mol. The normalized spacial score (nSPS) is 24.0. The largest absolute Gasteiger partial charge is 0.391 e. The van der Waals surface area contributed by atoms with E-state index in [0.29, 0.717) is 13.0 Å². The molecule has 2 unspecified atom stereocenters. The predicted octanol–water partition coefficient (Wildman–Crippen LogP) is 1.40. The lowest BCUT2D eigenvalue weighted by Gasteiger charge is -2.27. The van der Waals surface area contributed by atoms with E-state index >= 15 is 0 Å². The SMILES string of the molecule is O=c1c(F)cn(C2CCCO2)c(=O)n1CC(O)C1CCCCC1. The smallest absolute Gasteiger partial charge is 0.333 e. The molecule has 128 valence electrons. The number of aliphatic hydroxyl groups excluding tert-OH is 1. The quantitative estimate of drug-likeness (QED) is 0.908. The fraction of sp³-hybridized carbons (Fsp3) is 0.750.